The minimum atomic E-state index is -0.112. The molecule has 0 saturated heterocycles. The van der Waals surface area contributed by atoms with Crippen LogP contribution < -0.4 is 5.56 Å². The fourth-order valence-corrected chi connectivity index (χ4v) is 1.34. The Morgan fingerprint density at radius 2 is 2.08 bits per heavy atom. The lowest BCUT2D eigenvalue weighted by molar-refractivity contribution is 0.499. The van der Waals surface area contributed by atoms with Gasteiger partial charge < -0.3 is 0 Å². The third-order valence-electron chi connectivity index (χ3n) is 1.39. The van der Waals surface area contributed by atoms with Crippen molar-refractivity contribution in [2.45, 2.75) is 19.9 Å². The molecule has 0 fully saturated rings. The minimum absolute atomic E-state index is 0.0851. The van der Waals surface area contributed by atoms with Gasteiger partial charge in [-0.2, -0.15) is 5.10 Å². The molecule has 0 aliphatic rings. The number of halogens is 2. The monoisotopic (exact) mass is 294 g/mol. The fourth-order valence-electron chi connectivity index (χ4n) is 0.793. The summed E-state index contributed by atoms with van der Waals surface area (Å²) in [4.78, 5) is 11.5. The predicted octanol–water partition coefficient (Wildman–Crippen LogP) is 2.35. The second kappa shape index (κ2) is 3.70. The van der Waals surface area contributed by atoms with Crippen LogP contribution in [-0.4, -0.2) is 9.78 Å². The molecule has 0 N–H and O–H groups in total. The molecule has 1 heterocycles. The number of hydrogen-bond donors (Lipinski definition) is 0. The lowest BCUT2D eigenvalue weighted by Crippen LogP contribution is -2.25. The lowest BCUT2D eigenvalue weighted by atomic mass is 10.4. The van der Waals surface area contributed by atoms with Gasteiger partial charge in [0.25, 0.3) is 5.56 Å². The standard InChI is InChI=1S/C7H8Br2N2O/c1-4(2)11-7(12)6(9)5(8)3-10-11/h3-4H,1-2H3. The van der Waals surface area contributed by atoms with Crippen LogP contribution in [-0.2, 0) is 0 Å². The Hall–Kier alpha value is -0.160. The Bertz CT molecular complexity index is 346. The maximum atomic E-state index is 11.5. The number of hydrogen-bond acceptors (Lipinski definition) is 2. The molecule has 0 unspecified atom stereocenters. The molecule has 0 radical (unpaired) electrons. The first-order valence-corrected chi connectivity index (χ1v) is 5.05. The predicted molar refractivity (Wildman–Crippen MR) is 54.3 cm³/mol. The fraction of sp³-hybridized carbons (Fsp3) is 0.429. The molecular weight excluding hydrogens is 288 g/mol. The maximum absolute atomic E-state index is 11.5. The van der Waals surface area contributed by atoms with Gasteiger partial charge in [0.2, 0.25) is 0 Å². The lowest BCUT2D eigenvalue weighted by Gasteiger charge is -2.07. The molecule has 0 aliphatic heterocycles. The van der Waals surface area contributed by atoms with E-state index in [1.807, 2.05) is 13.8 Å². The second-order valence-electron chi connectivity index (χ2n) is 2.65. The van der Waals surface area contributed by atoms with E-state index in [1.54, 1.807) is 6.20 Å². The molecule has 0 atom stereocenters. The van der Waals surface area contributed by atoms with E-state index < -0.39 is 0 Å². The normalized spacial score (nSPS) is 10.8. The summed E-state index contributed by atoms with van der Waals surface area (Å²) in [6.45, 7) is 3.82. The topological polar surface area (TPSA) is 34.9 Å². The van der Waals surface area contributed by atoms with Crippen LogP contribution in [0, 0.1) is 0 Å². The van der Waals surface area contributed by atoms with Gasteiger partial charge in [0.1, 0.15) is 4.47 Å². The van der Waals surface area contributed by atoms with Crippen LogP contribution in [0.1, 0.15) is 19.9 Å². The van der Waals surface area contributed by atoms with E-state index in [4.69, 9.17) is 0 Å². The summed E-state index contributed by atoms with van der Waals surface area (Å²) in [5.41, 5.74) is -0.112. The average molecular weight is 296 g/mol. The van der Waals surface area contributed by atoms with Crippen molar-refractivity contribution >= 4 is 31.9 Å². The van der Waals surface area contributed by atoms with E-state index >= 15 is 0 Å². The van der Waals surface area contributed by atoms with Crippen LogP contribution >= 0.6 is 31.9 Å². The average Bonchev–Trinajstić information content (AvgIpc) is 2.00. The van der Waals surface area contributed by atoms with Gasteiger partial charge in [0.05, 0.1) is 16.7 Å². The number of rotatable bonds is 1. The summed E-state index contributed by atoms with van der Waals surface area (Å²) in [7, 11) is 0. The van der Waals surface area contributed by atoms with Crippen molar-refractivity contribution in [2.24, 2.45) is 0 Å². The minimum Gasteiger partial charge on any atom is -0.266 e. The van der Waals surface area contributed by atoms with E-state index in [0.29, 0.717) is 8.95 Å². The van der Waals surface area contributed by atoms with Gasteiger partial charge in [-0.15, -0.1) is 0 Å². The van der Waals surface area contributed by atoms with Crippen LogP contribution in [0.3, 0.4) is 0 Å². The van der Waals surface area contributed by atoms with Gasteiger partial charge in [0.15, 0.2) is 0 Å². The van der Waals surface area contributed by atoms with E-state index in [1.165, 1.54) is 4.68 Å². The van der Waals surface area contributed by atoms with E-state index in [2.05, 4.69) is 37.0 Å². The highest BCUT2D eigenvalue weighted by molar-refractivity contribution is 9.13. The smallest absolute Gasteiger partial charge is 0.266 e. The Morgan fingerprint density at radius 3 is 2.58 bits per heavy atom. The van der Waals surface area contributed by atoms with Crippen LogP contribution in [0.4, 0.5) is 0 Å². The quantitative estimate of drug-likeness (QED) is 0.797. The Labute approximate surface area is 87.0 Å². The van der Waals surface area contributed by atoms with E-state index in [9.17, 15) is 4.79 Å². The van der Waals surface area contributed by atoms with Crippen LogP contribution in [0.5, 0.6) is 0 Å². The highest BCUT2D eigenvalue weighted by Crippen LogP contribution is 2.17. The summed E-state index contributed by atoms with van der Waals surface area (Å²) in [6.07, 6.45) is 1.60. The Kier molecular flexibility index (Phi) is 3.06. The Morgan fingerprint density at radius 1 is 1.50 bits per heavy atom. The van der Waals surface area contributed by atoms with Gasteiger partial charge in [0, 0.05) is 0 Å². The van der Waals surface area contributed by atoms with Crippen molar-refractivity contribution < 1.29 is 0 Å². The molecule has 12 heavy (non-hydrogen) atoms. The van der Waals surface area contributed by atoms with Crippen molar-refractivity contribution in [3.05, 3.63) is 25.5 Å². The second-order valence-corrected chi connectivity index (χ2v) is 4.30. The first-order valence-electron chi connectivity index (χ1n) is 3.47. The van der Waals surface area contributed by atoms with Crippen molar-refractivity contribution in [1.29, 1.82) is 0 Å². The summed E-state index contributed by atoms with van der Waals surface area (Å²) >= 11 is 6.38. The summed E-state index contributed by atoms with van der Waals surface area (Å²) < 4.78 is 2.63. The molecule has 0 aromatic carbocycles. The third kappa shape index (κ3) is 1.77. The van der Waals surface area contributed by atoms with E-state index in [0.717, 1.165) is 0 Å². The maximum Gasteiger partial charge on any atom is 0.282 e. The summed E-state index contributed by atoms with van der Waals surface area (Å²) in [5, 5.41) is 3.97. The van der Waals surface area contributed by atoms with Gasteiger partial charge in [-0.05, 0) is 45.7 Å². The zero-order chi connectivity index (χ0) is 9.30. The van der Waals surface area contributed by atoms with Crippen LogP contribution in [0.15, 0.2) is 19.9 Å². The molecule has 0 bridgehead atoms. The first kappa shape index (κ1) is 9.92. The molecule has 0 spiro atoms. The Balaban J connectivity index is 3.37. The molecule has 1 rings (SSSR count). The summed E-state index contributed by atoms with van der Waals surface area (Å²) in [6, 6.07) is 0.0851. The van der Waals surface area contributed by atoms with Crippen molar-refractivity contribution in [3.63, 3.8) is 0 Å². The number of nitrogens with zero attached hydrogens (tertiary/aromatic N) is 2. The highest BCUT2D eigenvalue weighted by atomic mass is 79.9. The molecule has 0 saturated carbocycles. The molecular formula is C7H8Br2N2O. The summed E-state index contributed by atoms with van der Waals surface area (Å²) in [5.74, 6) is 0. The molecule has 5 heteroatoms. The molecule has 0 aliphatic carbocycles. The molecule has 1 aromatic rings. The molecule has 0 amide bonds. The van der Waals surface area contributed by atoms with Gasteiger partial charge >= 0.3 is 0 Å². The highest BCUT2D eigenvalue weighted by Gasteiger charge is 2.07. The first-order chi connectivity index (χ1) is 5.54. The van der Waals surface area contributed by atoms with Crippen molar-refractivity contribution in [1.82, 2.24) is 9.78 Å². The SMILES string of the molecule is CC(C)n1ncc(Br)c(Br)c1=O. The third-order valence-corrected chi connectivity index (χ3v) is 3.29. The molecule has 66 valence electrons. The molecule has 1 aromatic heterocycles. The van der Waals surface area contributed by atoms with Crippen molar-refractivity contribution in [2.75, 3.05) is 0 Å². The zero-order valence-corrected chi connectivity index (χ0v) is 9.89. The number of aromatic nitrogens is 2. The molecule has 3 nitrogen and oxygen atoms in total. The van der Waals surface area contributed by atoms with Gasteiger partial charge in [-0.1, -0.05) is 0 Å². The van der Waals surface area contributed by atoms with Crippen LogP contribution in [0.2, 0.25) is 0 Å². The van der Waals surface area contributed by atoms with Crippen molar-refractivity contribution in [3.8, 4) is 0 Å². The van der Waals surface area contributed by atoms with Gasteiger partial charge in [-0.3, -0.25) is 4.79 Å². The zero-order valence-electron chi connectivity index (χ0n) is 6.71. The van der Waals surface area contributed by atoms with Gasteiger partial charge in [-0.25, -0.2) is 4.68 Å². The largest absolute Gasteiger partial charge is 0.282 e. The van der Waals surface area contributed by atoms with Crippen LogP contribution in [0.25, 0.3) is 0 Å². The van der Waals surface area contributed by atoms with E-state index in [-0.39, 0.29) is 11.6 Å².